The molecule has 0 saturated carbocycles. The zero-order valence-electron chi connectivity index (χ0n) is 26.7. The first-order chi connectivity index (χ1) is 16.9. The largest absolute Gasteiger partial charge is 1.00 e. The van der Waals surface area contributed by atoms with E-state index < -0.39 is 0 Å². The van der Waals surface area contributed by atoms with Gasteiger partial charge in [-0.05, 0) is 52.4 Å². The van der Waals surface area contributed by atoms with Crippen molar-refractivity contribution in [2.75, 3.05) is 53.4 Å². The summed E-state index contributed by atoms with van der Waals surface area (Å²) < 4.78 is 2.57. The van der Waals surface area contributed by atoms with Crippen LogP contribution in [0.25, 0.3) is 0 Å². The van der Waals surface area contributed by atoms with Gasteiger partial charge in [0, 0.05) is 0 Å². The van der Waals surface area contributed by atoms with Gasteiger partial charge in [-0.25, -0.2) is 0 Å². The van der Waals surface area contributed by atoms with Crippen molar-refractivity contribution in [3.8, 4) is 0 Å². The summed E-state index contributed by atoms with van der Waals surface area (Å²) in [5.41, 5.74) is 0. The Kier molecular flexibility index (Phi) is 34.2. The Balaban J connectivity index is -0.00000578. The summed E-state index contributed by atoms with van der Waals surface area (Å²) in [6, 6.07) is 0. The summed E-state index contributed by atoms with van der Waals surface area (Å²) in [5, 5.41) is 0. The zero-order chi connectivity index (χ0) is 26.1. The van der Waals surface area contributed by atoms with Gasteiger partial charge in [-0.2, -0.15) is 0 Å². The topological polar surface area (TPSA) is 0 Å². The van der Waals surface area contributed by atoms with Crippen LogP contribution in [0.1, 0.15) is 163 Å². The van der Waals surface area contributed by atoms with Crippen LogP contribution in [-0.4, -0.2) is 62.3 Å². The number of rotatable bonds is 28. The molecule has 0 aliphatic rings. The summed E-state index contributed by atoms with van der Waals surface area (Å²) in [6.07, 6.45) is 30.6. The van der Waals surface area contributed by atoms with E-state index in [1.54, 1.807) is 0 Å². The normalized spacial score (nSPS) is 14.4. The lowest BCUT2D eigenvalue weighted by Gasteiger charge is -2.33. The van der Waals surface area contributed by atoms with Gasteiger partial charge in [0.25, 0.3) is 0 Å². The number of halogens is 2. The van der Waals surface area contributed by atoms with Crippen molar-refractivity contribution in [3.05, 3.63) is 0 Å². The molecular weight excluding hydrogens is 584 g/mol. The van der Waals surface area contributed by atoms with Crippen LogP contribution in [-0.2, 0) is 0 Å². The molecule has 228 valence electrons. The molecule has 0 heterocycles. The summed E-state index contributed by atoms with van der Waals surface area (Å²) in [4.78, 5) is 0. The first-order valence-corrected chi connectivity index (χ1v) is 16.6. The van der Waals surface area contributed by atoms with Crippen LogP contribution in [0.4, 0.5) is 0 Å². The quantitative estimate of drug-likeness (QED) is 0.0878. The third kappa shape index (κ3) is 26.8. The van der Waals surface area contributed by atoms with E-state index in [1.807, 2.05) is 0 Å². The smallest absolute Gasteiger partial charge is 0.0784 e. The molecule has 2 atom stereocenters. The summed E-state index contributed by atoms with van der Waals surface area (Å²) in [6.45, 7) is 17.5. The van der Waals surface area contributed by atoms with E-state index >= 15 is 0 Å². The molecule has 0 N–H and O–H groups in total. The number of hydrogen-bond donors (Lipinski definition) is 0. The minimum absolute atomic E-state index is 0. The molecule has 0 aromatic heterocycles. The molecule has 2 unspecified atom stereocenters. The molecule has 4 heteroatoms. The Morgan fingerprint density at radius 3 is 0.649 bits per heavy atom. The van der Waals surface area contributed by atoms with Crippen molar-refractivity contribution in [2.45, 2.75) is 163 Å². The maximum absolute atomic E-state index is 2.45. The van der Waals surface area contributed by atoms with Crippen LogP contribution < -0.4 is 34.0 Å². The molecule has 0 aromatic carbocycles. The lowest BCUT2D eigenvalue weighted by molar-refractivity contribution is -0.908. The van der Waals surface area contributed by atoms with Crippen LogP contribution in [0.2, 0.25) is 0 Å². The monoisotopic (exact) mass is 654 g/mol. The molecule has 0 amide bonds. The molecule has 0 fully saturated rings. The molecule has 0 saturated heterocycles. The summed E-state index contributed by atoms with van der Waals surface area (Å²) in [5.74, 6) is 0. The Morgan fingerprint density at radius 1 is 0.297 bits per heavy atom. The second-order valence-electron chi connectivity index (χ2n) is 12.5. The number of unbranched alkanes of at least 4 members (excludes halogenated alkanes) is 18. The second kappa shape index (κ2) is 29.9. The first-order valence-electron chi connectivity index (χ1n) is 16.6. The van der Waals surface area contributed by atoms with Gasteiger partial charge in [0.2, 0.25) is 0 Å². The predicted molar refractivity (Wildman–Crippen MR) is 161 cm³/mol. The van der Waals surface area contributed by atoms with E-state index in [4.69, 9.17) is 0 Å². The molecule has 0 spiro atoms. The molecule has 0 aliphatic heterocycles. The van der Waals surface area contributed by atoms with E-state index in [1.165, 1.54) is 183 Å². The van der Waals surface area contributed by atoms with Crippen molar-refractivity contribution >= 4 is 0 Å². The third-order valence-corrected chi connectivity index (χ3v) is 8.95. The highest BCUT2D eigenvalue weighted by Crippen LogP contribution is 2.16. The predicted octanol–water partition coefficient (Wildman–Crippen LogP) is 4.16. The summed E-state index contributed by atoms with van der Waals surface area (Å²) >= 11 is 0. The molecule has 37 heavy (non-hydrogen) atoms. The lowest BCUT2D eigenvalue weighted by atomic mass is 10.0. The minimum Gasteiger partial charge on any atom is -1.00 e. The van der Waals surface area contributed by atoms with Crippen molar-refractivity contribution in [3.63, 3.8) is 0 Å². The zero-order valence-corrected chi connectivity index (χ0v) is 29.9. The van der Waals surface area contributed by atoms with Gasteiger partial charge in [-0.3, -0.25) is 0 Å². The summed E-state index contributed by atoms with van der Waals surface area (Å²) in [7, 11) is 4.89. The highest BCUT2D eigenvalue weighted by molar-refractivity contribution is 4.51. The van der Waals surface area contributed by atoms with Crippen molar-refractivity contribution in [2.24, 2.45) is 0 Å². The highest BCUT2D eigenvalue weighted by atomic mass is 79.9. The Hall–Kier alpha value is 0.880. The van der Waals surface area contributed by atoms with Crippen molar-refractivity contribution < 1.29 is 42.9 Å². The maximum Gasteiger partial charge on any atom is 0.0784 e. The Bertz CT molecular complexity index is 397. The fraction of sp³-hybridized carbons (Fsp3) is 1.00. The maximum atomic E-state index is 2.45. The molecule has 0 radical (unpaired) electrons. The Labute approximate surface area is 257 Å². The number of nitrogens with zero attached hydrogens (tertiary/aromatic N) is 2. The van der Waals surface area contributed by atoms with Gasteiger partial charge < -0.3 is 42.9 Å². The highest BCUT2D eigenvalue weighted by Gasteiger charge is 2.17. The minimum atomic E-state index is 0. The second-order valence-corrected chi connectivity index (χ2v) is 12.5. The van der Waals surface area contributed by atoms with Gasteiger partial charge in [0.05, 0.1) is 53.4 Å². The van der Waals surface area contributed by atoms with Gasteiger partial charge in [0.1, 0.15) is 0 Å². The van der Waals surface area contributed by atoms with Crippen LogP contribution in [0.15, 0.2) is 0 Å². The number of hydrogen-bond acceptors (Lipinski definition) is 0. The number of quaternary nitrogens is 2. The fourth-order valence-electron chi connectivity index (χ4n) is 5.93. The van der Waals surface area contributed by atoms with Gasteiger partial charge in [-0.15, -0.1) is 0 Å². The molecule has 0 rings (SSSR count). The van der Waals surface area contributed by atoms with E-state index in [0.29, 0.717) is 0 Å². The van der Waals surface area contributed by atoms with E-state index in [9.17, 15) is 0 Å². The van der Waals surface area contributed by atoms with E-state index in [2.05, 4.69) is 41.8 Å². The molecule has 0 aliphatic carbocycles. The van der Waals surface area contributed by atoms with Crippen molar-refractivity contribution in [1.29, 1.82) is 0 Å². The average Bonchev–Trinajstić information content (AvgIpc) is 2.85. The van der Waals surface area contributed by atoms with Gasteiger partial charge >= 0.3 is 0 Å². The fourth-order valence-corrected chi connectivity index (χ4v) is 5.93. The first kappa shape index (κ1) is 42.3. The molecule has 0 aromatic rings. The van der Waals surface area contributed by atoms with E-state index in [0.717, 1.165) is 0 Å². The van der Waals surface area contributed by atoms with Crippen LogP contribution in [0.5, 0.6) is 0 Å². The van der Waals surface area contributed by atoms with Crippen LogP contribution in [0, 0.1) is 0 Å². The SMILES string of the molecule is CCC[N+](C)(CC)CCCCCCCCCCCCCCCCCCCCC[N+](C)(CC)CCC.[Br-].[Br-]. The molecule has 2 nitrogen and oxygen atoms in total. The van der Waals surface area contributed by atoms with Crippen LogP contribution in [0.3, 0.4) is 0 Å². The van der Waals surface area contributed by atoms with Gasteiger partial charge in [0.15, 0.2) is 0 Å². The Morgan fingerprint density at radius 2 is 0.486 bits per heavy atom. The van der Waals surface area contributed by atoms with E-state index in [-0.39, 0.29) is 34.0 Å². The molecule has 0 bridgehead atoms. The standard InChI is InChI=1S/C33H72N2.2BrH/c1-7-30-34(5,9-3)32-28-26-24-22-20-18-16-14-12-11-13-15-17-19-21-23-25-27-29-33-35(6,10-4)31-8-2;;/h7-33H2,1-6H3;2*1H/q+2;;/p-2. The average molecular weight is 657 g/mol. The molecular formula is C33H72Br2N2. The lowest BCUT2D eigenvalue weighted by Crippen LogP contribution is -3.00. The van der Waals surface area contributed by atoms with Crippen LogP contribution >= 0.6 is 0 Å². The third-order valence-electron chi connectivity index (χ3n) is 8.95. The van der Waals surface area contributed by atoms with Gasteiger partial charge in [-0.1, -0.05) is 110 Å². The van der Waals surface area contributed by atoms with Crippen molar-refractivity contribution in [1.82, 2.24) is 0 Å².